The van der Waals surface area contributed by atoms with Gasteiger partial charge in [-0.3, -0.25) is 0 Å². The van der Waals surface area contributed by atoms with Crippen LogP contribution >= 0.6 is 11.3 Å². The first-order valence-corrected chi connectivity index (χ1v) is 10.7. The molecule has 5 rings (SSSR count). The molecule has 4 heteroatoms. The first-order chi connectivity index (χ1) is 14.3. The Labute approximate surface area is 175 Å². The Kier molecular flexibility index (Phi) is 4.70. The summed E-state index contributed by atoms with van der Waals surface area (Å²) in [6.45, 7) is 2.10. The quantitative estimate of drug-likeness (QED) is 0.396. The largest absolute Gasteiger partial charge is 0.231 e. The SMILES string of the molecule is Cc1ccc(-c2csc(N3N=C(c4ccccc4)C[C@H]3c3ccccc3)n2)cc1. The van der Waals surface area contributed by atoms with E-state index in [0.29, 0.717) is 0 Å². The number of aromatic nitrogens is 1. The number of anilines is 1. The van der Waals surface area contributed by atoms with E-state index in [4.69, 9.17) is 10.1 Å². The summed E-state index contributed by atoms with van der Waals surface area (Å²) in [6.07, 6.45) is 0.869. The fraction of sp³-hybridized carbons (Fsp3) is 0.120. The average molecular weight is 396 g/mol. The summed E-state index contributed by atoms with van der Waals surface area (Å²) in [4.78, 5) is 4.93. The molecule has 2 heterocycles. The smallest absolute Gasteiger partial charge is 0.207 e. The number of hydrogen-bond donors (Lipinski definition) is 0. The third-order valence-electron chi connectivity index (χ3n) is 5.24. The first-order valence-electron chi connectivity index (χ1n) is 9.77. The zero-order chi connectivity index (χ0) is 19.6. The van der Waals surface area contributed by atoms with Crippen LogP contribution < -0.4 is 5.01 Å². The molecule has 0 radical (unpaired) electrons. The topological polar surface area (TPSA) is 28.5 Å². The van der Waals surface area contributed by atoms with E-state index in [-0.39, 0.29) is 6.04 Å². The number of rotatable bonds is 4. The third kappa shape index (κ3) is 3.59. The van der Waals surface area contributed by atoms with Crippen molar-refractivity contribution in [3.05, 3.63) is 107 Å². The van der Waals surface area contributed by atoms with Gasteiger partial charge in [-0.1, -0.05) is 90.5 Å². The van der Waals surface area contributed by atoms with Crippen molar-refractivity contribution in [2.75, 3.05) is 5.01 Å². The first kappa shape index (κ1) is 17.8. The molecule has 1 aromatic heterocycles. The van der Waals surface area contributed by atoms with Crippen LogP contribution in [0.2, 0.25) is 0 Å². The van der Waals surface area contributed by atoms with Gasteiger partial charge < -0.3 is 0 Å². The van der Waals surface area contributed by atoms with Crippen molar-refractivity contribution < 1.29 is 0 Å². The minimum absolute atomic E-state index is 0.156. The Bertz CT molecular complexity index is 1130. The monoisotopic (exact) mass is 395 g/mol. The van der Waals surface area contributed by atoms with Crippen LogP contribution in [0.1, 0.15) is 29.2 Å². The minimum atomic E-state index is 0.156. The lowest BCUT2D eigenvalue weighted by Gasteiger charge is -2.21. The molecule has 1 aliphatic rings. The molecule has 1 atom stereocenters. The average Bonchev–Trinajstić information content (AvgIpc) is 3.43. The molecule has 4 aromatic rings. The van der Waals surface area contributed by atoms with Gasteiger partial charge in [0, 0.05) is 17.4 Å². The molecule has 142 valence electrons. The Balaban J connectivity index is 1.53. The minimum Gasteiger partial charge on any atom is -0.231 e. The molecule has 0 aliphatic carbocycles. The van der Waals surface area contributed by atoms with E-state index in [2.05, 4.69) is 96.2 Å². The van der Waals surface area contributed by atoms with Crippen LogP contribution in [0.3, 0.4) is 0 Å². The van der Waals surface area contributed by atoms with Crippen LogP contribution in [-0.4, -0.2) is 10.7 Å². The van der Waals surface area contributed by atoms with Crippen molar-refractivity contribution in [1.82, 2.24) is 4.98 Å². The molecule has 0 fully saturated rings. The normalized spacial score (nSPS) is 16.1. The van der Waals surface area contributed by atoms with E-state index >= 15 is 0 Å². The van der Waals surface area contributed by atoms with Crippen molar-refractivity contribution in [3.8, 4) is 11.3 Å². The zero-order valence-electron chi connectivity index (χ0n) is 16.2. The fourth-order valence-electron chi connectivity index (χ4n) is 3.65. The maximum Gasteiger partial charge on any atom is 0.207 e. The lowest BCUT2D eigenvalue weighted by atomic mass is 9.99. The molecule has 0 amide bonds. The summed E-state index contributed by atoms with van der Waals surface area (Å²) in [6, 6.07) is 29.7. The predicted molar refractivity (Wildman–Crippen MR) is 122 cm³/mol. The summed E-state index contributed by atoms with van der Waals surface area (Å²) < 4.78 is 0. The Morgan fingerprint density at radius 1 is 0.828 bits per heavy atom. The number of aryl methyl sites for hydroxylation is 1. The number of nitrogens with zero attached hydrogens (tertiary/aromatic N) is 3. The summed E-state index contributed by atoms with van der Waals surface area (Å²) >= 11 is 1.65. The van der Waals surface area contributed by atoms with Gasteiger partial charge in [0.25, 0.3) is 0 Å². The van der Waals surface area contributed by atoms with Crippen LogP contribution in [0, 0.1) is 6.92 Å². The molecular formula is C25H21N3S. The Hall–Kier alpha value is -3.24. The summed E-state index contributed by atoms with van der Waals surface area (Å²) in [5.74, 6) is 0. The lowest BCUT2D eigenvalue weighted by molar-refractivity contribution is 0.706. The van der Waals surface area contributed by atoms with Crippen LogP contribution in [0.5, 0.6) is 0 Å². The Morgan fingerprint density at radius 3 is 2.24 bits per heavy atom. The van der Waals surface area contributed by atoms with Gasteiger partial charge in [0.05, 0.1) is 17.4 Å². The second kappa shape index (κ2) is 7.64. The molecule has 3 nitrogen and oxygen atoms in total. The second-order valence-electron chi connectivity index (χ2n) is 7.27. The van der Waals surface area contributed by atoms with Crippen molar-refractivity contribution >= 4 is 22.2 Å². The van der Waals surface area contributed by atoms with Crippen LogP contribution in [0.25, 0.3) is 11.3 Å². The van der Waals surface area contributed by atoms with Crippen molar-refractivity contribution in [1.29, 1.82) is 0 Å². The molecule has 1 aliphatic heterocycles. The Morgan fingerprint density at radius 2 is 1.52 bits per heavy atom. The fourth-order valence-corrected chi connectivity index (χ4v) is 4.49. The highest BCUT2D eigenvalue weighted by Gasteiger charge is 2.31. The highest BCUT2D eigenvalue weighted by atomic mass is 32.1. The summed E-state index contributed by atoms with van der Waals surface area (Å²) in [5.41, 5.74) is 6.93. The van der Waals surface area contributed by atoms with E-state index in [1.165, 1.54) is 16.7 Å². The zero-order valence-corrected chi connectivity index (χ0v) is 17.0. The van der Waals surface area contributed by atoms with E-state index < -0.39 is 0 Å². The van der Waals surface area contributed by atoms with E-state index in [1.54, 1.807) is 11.3 Å². The molecule has 0 saturated heterocycles. The van der Waals surface area contributed by atoms with Gasteiger partial charge in [0.15, 0.2) is 0 Å². The van der Waals surface area contributed by atoms with Gasteiger partial charge in [-0.15, -0.1) is 11.3 Å². The highest BCUT2D eigenvalue weighted by molar-refractivity contribution is 7.14. The molecule has 0 saturated carbocycles. The number of hydrogen-bond acceptors (Lipinski definition) is 4. The van der Waals surface area contributed by atoms with Gasteiger partial charge in [0.1, 0.15) is 0 Å². The van der Waals surface area contributed by atoms with Crippen LogP contribution in [0.4, 0.5) is 5.13 Å². The molecular weight excluding hydrogens is 374 g/mol. The van der Waals surface area contributed by atoms with Gasteiger partial charge in [0.2, 0.25) is 5.13 Å². The summed E-state index contributed by atoms with van der Waals surface area (Å²) in [5, 5.41) is 10.2. The van der Waals surface area contributed by atoms with Crippen LogP contribution in [0.15, 0.2) is 95.4 Å². The molecule has 29 heavy (non-hydrogen) atoms. The number of hydrazone groups is 1. The highest BCUT2D eigenvalue weighted by Crippen LogP contribution is 2.39. The van der Waals surface area contributed by atoms with Crippen molar-refractivity contribution in [3.63, 3.8) is 0 Å². The molecule has 0 spiro atoms. The maximum absolute atomic E-state index is 5.01. The van der Waals surface area contributed by atoms with Gasteiger partial charge >= 0.3 is 0 Å². The van der Waals surface area contributed by atoms with Crippen molar-refractivity contribution in [2.45, 2.75) is 19.4 Å². The number of thiazole rings is 1. The standard InChI is InChI=1S/C25H21N3S/c1-18-12-14-20(15-13-18)23-17-29-25(26-23)28-24(21-10-6-3-7-11-21)16-22(27-28)19-8-4-2-5-9-19/h2-15,17,24H,16H2,1H3/t24-/m0/s1. The molecule has 0 N–H and O–H groups in total. The van der Waals surface area contributed by atoms with Crippen LogP contribution in [-0.2, 0) is 0 Å². The predicted octanol–water partition coefficient (Wildman–Crippen LogP) is 6.47. The van der Waals surface area contributed by atoms with Crippen molar-refractivity contribution in [2.24, 2.45) is 5.10 Å². The van der Waals surface area contributed by atoms with Gasteiger partial charge in [-0.05, 0) is 18.1 Å². The van der Waals surface area contributed by atoms with E-state index in [9.17, 15) is 0 Å². The molecule has 3 aromatic carbocycles. The van der Waals surface area contributed by atoms with Gasteiger partial charge in [-0.25, -0.2) is 9.99 Å². The number of benzene rings is 3. The van der Waals surface area contributed by atoms with E-state index in [0.717, 1.165) is 28.5 Å². The third-order valence-corrected chi connectivity index (χ3v) is 6.07. The molecule has 0 bridgehead atoms. The second-order valence-corrected chi connectivity index (χ2v) is 8.11. The maximum atomic E-state index is 5.01. The van der Waals surface area contributed by atoms with E-state index in [1.807, 2.05) is 6.07 Å². The van der Waals surface area contributed by atoms with Gasteiger partial charge in [-0.2, -0.15) is 5.10 Å². The summed E-state index contributed by atoms with van der Waals surface area (Å²) in [7, 11) is 0. The lowest BCUT2D eigenvalue weighted by Crippen LogP contribution is -2.18. The molecule has 0 unspecified atom stereocenters.